The van der Waals surface area contributed by atoms with Crippen molar-refractivity contribution in [2.45, 2.75) is 12.7 Å². The predicted octanol–water partition coefficient (Wildman–Crippen LogP) is 5.89. The van der Waals surface area contributed by atoms with Crippen LogP contribution in [-0.4, -0.2) is 20.4 Å². The first-order valence-corrected chi connectivity index (χ1v) is 9.62. The number of aromatic nitrogens is 1. The van der Waals surface area contributed by atoms with E-state index in [2.05, 4.69) is 0 Å². The van der Waals surface area contributed by atoms with Gasteiger partial charge >= 0.3 is 6.18 Å². The van der Waals surface area contributed by atoms with Crippen LogP contribution in [0.5, 0.6) is 11.5 Å². The number of halogens is 3. The number of pyridine rings is 1. The largest absolute Gasteiger partial charge is 0.497 e. The molecule has 1 heterocycles. The minimum absolute atomic E-state index is 0.449. The maximum absolute atomic E-state index is 13.3. The van der Waals surface area contributed by atoms with Crippen LogP contribution >= 0.6 is 0 Å². The van der Waals surface area contributed by atoms with Gasteiger partial charge in [-0.15, -0.1) is 0 Å². The Balaban J connectivity index is 1.92. The first-order valence-electron chi connectivity index (χ1n) is 9.62. The van der Waals surface area contributed by atoms with Crippen LogP contribution in [0.25, 0.3) is 24.3 Å². The van der Waals surface area contributed by atoms with Gasteiger partial charge in [0, 0.05) is 24.3 Å². The number of hydrogen-bond acceptors (Lipinski definition) is 2. The fourth-order valence-corrected chi connectivity index (χ4v) is 3.02. The molecule has 0 amide bonds. The SMILES string of the molecule is COc1ccc(/C=C/c2cccc(/C=C/c3ccc(OC)cc3)[n+]2CC(F)(F)F)cc1. The Morgan fingerprint density at radius 2 is 1.10 bits per heavy atom. The van der Waals surface area contributed by atoms with Crippen molar-refractivity contribution in [1.82, 2.24) is 0 Å². The van der Waals surface area contributed by atoms with Gasteiger partial charge in [0.05, 0.1) is 14.2 Å². The van der Waals surface area contributed by atoms with E-state index in [4.69, 9.17) is 9.47 Å². The molecule has 160 valence electrons. The number of hydrogen-bond donors (Lipinski definition) is 0. The topological polar surface area (TPSA) is 22.3 Å². The average molecular weight is 426 g/mol. The van der Waals surface area contributed by atoms with Crippen LogP contribution in [-0.2, 0) is 6.54 Å². The van der Waals surface area contributed by atoms with Crippen LogP contribution in [0.15, 0.2) is 66.7 Å². The second-order valence-corrected chi connectivity index (χ2v) is 6.79. The molecule has 0 radical (unpaired) electrons. The van der Waals surface area contributed by atoms with Crippen molar-refractivity contribution in [3.8, 4) is 11.5 Å². The van der Waals surface area contributed by atoms with Gasteiger partial charge in [0.25, 0.3) is 0 Å². The van der Waals surface area contributed by atoms with Crippen LogP contribution in [0.1, 0.15) is 22.5 Å². The number of nitrogens with zero attached hydrogens (tertiary/aromatic N) is 1. The highest BCUT2D eigenvalue weighted by Gasteiger charge is 2.35. The van der Waals surface area contributed by atoms with Crippen molar-refractivity contribution in [2.24, 2.45) is 0 Å². The van der Waals surface area contributed by atoms with Crippen molar-refractivity contribution >= 4 is 24.3 Å². The number of alkyl halides is 3. The molecule has 0 saturated heterocycles. The molecule has 0 saturated carbocycles. The van der Waals surface area contributed by atoms with Crippen molar-refractivity contribution in [2.75, 3.05) is 14.2 Å². The van der Waals surface area contributed by atoms with Crippen molar-refractivity contribution < 1.29 is 27.2 Å². The molecule has 0 atom stereocenters. The number of ether oxygens (including phenoxy) is 2. The third-order valence-corrected chi connectivity index (χ3v) is 4.62. The van der Waals surface area contributed by atoms with Gasteiger partial charge in [0.2, 0.25) is 17.9 Å². The van der Waals surface area contributed by atoms with E-state index in [0.29, 0.717) is 11.4 Å². The molecule has 31 heavy (non-hydrogen) atoms. The standard InChI is InChI=1S/C25H23F3NO2/c1-30-23-14-8-19(9-15-23)6-12-21-4-3-5-22(29(21)18-25(26,27)28)13-7-20-10-16-24(31-2)17-11-20/h3-17H,18H2,1-2H3/q+1/b12-6+,13-7+. The van der Waals surface area contributed by atoms with Gasteiger partial charge in [-0.2, -0.15) is 17.7 Å². The second kappa shape index (κ2) is 9.98. The number of benzene rings is 2. The quantitative estimate of drug-likeness (QED) is 0.439. The van der Waals surface area contributed by atoms with E-state index in [9.17, 15) is 13.2 Å². The lowest BCUT2D eigenvalue weighted by Gasteiger charge is -2.07. The Hall–Kier alpha value is -3.54. The average Bonchev–Trinajstić information content (AvgIpc) is 2.77. The van der Waals surface area contributed by atoms with E-state index in [-0.39, 0.29) is 0 Å². The third-order valence-electron chi connectivity index (χ3n) is 4.62. The Bertz CT molecular complexity index is 978. The van der Waals surface area contributed by atoms with Crippen molar-refractivity contribution in [1.29, 1.82) is 0 Å². The monoisotopic (exact) mass is 426 g/mol. The third kappa shape index (κ3) is 6.47. The molecule has 0 aliphatic rings. The van der Waals surface area contributed by atoms with Gasteiger partial charge in [0.1, 0.15) is 11.5 Å². The van der Waals surface area contributed by atoms with E-state index in [1.165, 1.54) is 4.57 Å². The Labute approximate surface area is 179 Å². The molecule has 0 spiro atoms. The zero-order valence-electron chi connectivity index (χ0n) is 17.3. The van der Waals surface area contributed by atoms with Gasteiger partial charge in [0.15, 0.2) is 0 Å². The van der Waals surface area contributed by atoms with Crippen LogP contribution < -0.4 is 14.0 Å². The Morgan fingerprint density at radius 1 is 0.677 bits per heavy atom. The first-order chi connectivity index (χ1) is 14.9. The highest BCUT2D eigenvalue weighted by Crippen LogP contribution is 2.18. The molecule has 3 rings (SSSR count). The van der Waals surface area contributed by atoms with Crippen LogP contribution in [0.2, 0.25) is 0 Å². The lowest BCUT2D eigenvalue weighted by Crippen LogP contribution is -2.46. The zero-order chi connectivity index (χ0) is 22.3. The van der Waals surface area contributed by atoms with Gasteiger partial charge in [-0.3, -0.25) is 0 Å². The summed E-state index contributed by atoms with van der Waals surface area (Å²) in [6.07, 6.45) is 2.56. The van der Waals surface area contributed by atoms with E-state index >= 15 is 0 Å². The molecule has 6 heteroatoms. The normalized spacial score (nSPS) is 11.9. The lowest BCUT2D eigenvalue weighted by molar-refractivity contribution is -0.722. The number of rotatable bonds is 7. The van der Waals surface area contributed by atoms with Crippen LogP contribution in [0.3, 0.4) is 0 Å². The Morgan fingerprint density at radius 3 is 1.45 bits per heavy atom. The van der Waals surface area contributed by atoms with E-state index in [1.54, 1.807) is 81.0 Å². The molecule has 0 aliphatic heterocycles. The van der Waals surface area contributed by atoms with Gasteiger partial charge < -0.3 is 9.47 Å². The summed E-state index contributed by atoms with van der Waals surface area (Å²) in [5.41, 5.74) is 2.62. The van der Waals surface area contributed by atoms with E-state index < -0.39 is 12.7 Å². The fraction of sp³-hybridized carbons (Fsp3) is 0.160. The van der Waals surface area contributed by atoms with E-state index in [1.807, 2.05) is 24.3 Å². The molecule has 0 aliphatic carbocycles. The highest BCUT2D eigenvalue weighted by atomic mass is 19.4. The maximum Gasteiger partial charge on any atom is 0.448 e. The summed E-state index contributed by atoms with van der Waals surface area (Å²) in [7, 11) is 3.16. The molecule has 0 bridgehead atoms. The lowest BCUT2D eigenvalue weighted by atomic mass is 10.1. The fourth-order valence-electron chi connectivity index (χ4n) is 3.02. The molecular weight excluding hydrogens is 403 g/mol. The molecule has 3 aromatic rings. The van der Waals surface area contributed by atoms with Gasteiger partial charge in [-0.25, -0.2) is 0 Å². The summed E-state index contributed by atoms with van der Waals surface area (Å²) in [5.74, 6) is 1.44. The summed E-state index contributed by atoms with van der Waals surface area (Å²) in [6.45, 7) is -1.08. The minimum Gasteiger partial charge on any atom is -0.497 e. The number of methoxy groups -OCH3 is 2. The van der Waals surface area contributed by atoms with Crippen LogP contribution in [0, 0.1) is 0 Å². The Kier molecular flexibility index (Phi) is 7.13. The van der Waals surface area contributed by atoms with Crippen LogP contribution in [0.4, 0.5) is 13.2 Å². The molecule has 2 aromatic carbocycles. The summed E-state index contributed by atoms with van der Waals surface area (Å²) in [5, 5.41) is 0. The summed E-state index contributed by atoms with van der Waals surface area (Å²) in [6, 6.07) is 19.7. The maximum atomic E-state index is 13.3. The molecule has 3 nitrogen and oxygen atoms in total. The molecule has 0 fully saturated rings. The zero-order valence-corrected chi connectivity index (χ0v) is 17.3. The highest BCUT2D eigenvalue weighted by molar-refractivity contribution is 5.69. The molecule has 0 N–H and O–H groups in total. The first kappa shape index (κ1) is 22.2. The van der Waals surface area contributed by atoms with E-state index in [0.717, 1.165) is 22.6 Å². The molecule has 0 unspecified atom stereocenters. The summed E-state index contributed by atoms with van der Waals surface area (Å²) < 4.78 is 51.4. The summed E-state index contributed by atoms with van der Waals surface area (Å²) >= 11 is 0. The van der Waals surface area contributed by atoms with Crippen molar-refractivity contribution in [3.05, 3.63) is 89.2 Å². The van der Waals surface area contributed by atoms with Gasteiger partial charge in [-0.05, 0) is 53.6 Å². The second-order valence-electron chi connectivity index (χ2n) is 6.79. The smallest absolute Gasteiger partial charge is 0.448 e. The molecule has 1 aromatic heterocycles. The summed E-state index contributed by atoms with van der Waals surface area (Å²) in [4.78, 5) is 0. The predicted molar refractivity (Wildman–Crippen MR) is 117 cm³/mol. The molecular formula is C25H23F3NO2+. The van der Waals surface area contributed by atoms with Gasteiger partial charge in [-0.1, -0.05) is 24.3 Å². The van der Waals surface area contributed by atoms with Crippen molar-refractivity contribution in [3.63, 3.8) is 0 Å². The minimum atomic E-state index is -4.35.